The Labute approximate surface area is 166 Å². The number of ether oxygens (including phenoxy) is 3. The highest BCUT2D eigenvalue weighted by Gasteiger charge is 2.33. The number of rotatable bonds is 4. The summed E-state index contributed by atoms with van der Waals surface area (Å²) in [5.74, 6) is 1.09. The summed E-state index contributed by atoms with van der Waals surface area (Å²) in [6.45, 7) is 2.59. The first-order valence-corrected chi connectivity index (χ1v) is 9.91. The van der Waals surface area contributed by atoms with Crippen molar-refractivity contribution < 1.29 is 19.0 Å². The van der Waals surface area contributed by atoms with Crippen molar-refractivity contribution in [3.63, 3.8) is 0 Å². The molecule has 1 atom stereocenters. The summed E-state index contributed by atoms with van der Waals surface area (Å²) in [4.78, 5) is 19.3. The molecular formula is C20H21BrN2O4. The second-order valence-electron chi connectivity index (χ2n) is 6.68. The maximum absolute atomic E-state index is 13.1. The zero-order chi connectivity index (χ0) is 18.6. The smallest absolute Gasteiger partial charge is 0.259 e. The molecule has 0 bridgehead atoms. The molecule has 1 aromatic carbocycles. The Morgan fingerprint density at radius 2 is 1.96 bits per heavy atom. The second-order valence-corrected chi connectivity index (χ2v) is 7.59. The highest BCUT2D eigenvalue weighted by molar-refractivity contribution is 9.10. The van der Waals surface area contributed by atoms with Crippen LogP contribution in [0, 0.1) is 5.92 Å². The third-order valence-corrected chi connectivity index (χ3v) is 5.34. The predicted molar refractivity (Wildman–Crippen MR) is 103 cm³/mol. The van der Waals surface area contributed by atoms with Crippen LogP contribution in [0.15, 0.2) is 47.1 Å². The molecule has 4 rings (SSSR count). The van der Waals surface area contributed by atoms with E-state index in [4.69, 9.17) is 14.2 Å². The molecule has 2 fully saturated rings. The van der Waals surface area contributed by atoms with E-state index in [9.17, 15) is 4.79 Å². The van der Waals surface area contributed by atoms with Gasteiger partial charge in [0.2, 0.25) is 5.88 Å². The summed E-state index contributed by atoms with van der Waals surface area (Å²) in [7, 11) is 0. The number of hydrogen-bond acceptors (Lipinski definition) is 5. The number of hydrogen-bond donors (Lipinski definition) is 0. The monoisotopic (exact) mass is 432 g/mol. The van der Waals surface area contributed by atoms with Crippen molar-refractivity contribution in [1.29, 1.82) is 0 Å². The predicted octanol–water partition coefficient (Wildman–Crippen LogP) is 3.86. The van der Waals surface area contributed by atoms with E-state index < -0.39 is 0 Å². The average molecular weight is 433 g/mol. The van der Waals surface area contributed by atoms with Gasteiger partial charge in [-0.1, -0.05) is 15.9 Å². The summed E-state index contributed by atoms with van der Waals surface area (Å²) in [6, 6.07) is 11.0. The van der Waals surface area contributed by atoms with Crippen LogP contribution in [-0.4, -0.2) is 48.4 Å². The normalized spacial score (nSPS) is 20.6. The van der Waals surface area contributed by atoms with Crippen molar-refractivity contribution in [2.45, 2.75) is 19.1 Å². The number of carbonyl (C=O) groups is 1. The number of amides is 1. The van der Waals surface area contributed by atoms with E-state index >= 15 is 0 Å². The Balaban J connectivity index is 1.50. The molecule has 2 saturated heterocycles. The van der Waals surface area contributed by atoms with Crippen molar-refractivity contribution in [2.24, 2.45) is 5.92 Å². The van der Waals surface area contributed by atoms with E-state index in [2.05, 4.69) is 20.9 Å². The molecule has 7 heteroatoms. The van der Waals surface area contributed by atoms with E-state index in [-0.39, 0.29) is 18.1 Å². The molecule has 1 amide bonds. The van der Waals surface area contributed by atoms with E-state index in [0.29, 0.717) is 43.5 Å². The quantitative estimate of drug-likeness (QED) is 0.733. The summed E-state index contributed by atoms with van der Waals surface area (Å²) in [5, 5.41) is 0. The van der Waals surface area contributed by atoms with Crippen LogP contribution in [0.3, 0.4) is 0 Å². The number of carbonyl (C=O) groups excluding carboxylic acids is 1. The van der Waals surface area contributed by atoms with Crippen LogP contribution >= 0.6 is 15.9 Å². The maximum Gasteiger partial charge on any atom is 0.259 e. The molecule has 3 heterocycles. The molecule has 142 valence electrons. The van der Waals surface area contributed by atoms with Gasteiger partial charge in [-0.05, 0) is 49.2 Å². The van der Waals surface area contributed by atoms with Crippen LogP contribution in [0.25, 0.3) is 0 Å². The lowest BCUT2D eigenvalue weighted by molar-refractivity contribution is -0.0969. The summed E-state index contributed by atoms with van der Waals surface area (Å²) in [5.41, 5.74) is 0.467. The molecule has 27 heavy (non-hydrogen) atoms. The Hall–Kier alpha value is -1.96. The molecule has 1 aromatic heterocycles. The van der Waals surface area contributed by atoms with Gasteiger partial charge >= 0.3 is 0 Å². The van der Waals surface area contributed by atoms with Gasteiger partial charge in [-0.3, -0.25) is 4.79 Å². The minimum atomic E-state index is -0.201. The van der Waals surface area contributed by atoms with Crippen LogP contribution in [-0.2, 0) is 9.47 Å². The molecule has 1 unspecified atom stereocenters. The molecule has 2 aliphatic heterocycles. The van der Waals surface area contributed by atoms with Gasteiger partial charge in [-0.25, -0.2) is 4.98 Å². The number of halogens is 1. The molecule has 0 radical (unpaired) electrons. The standard InChI is InChI=1S/C20H21BrN2O4/c21-15-5-7-16(8-6-15)27-18-17(4-1-9-22-18)19(24)23-10-2-3-14(13-23)20-25-11-12-26-20/h1,4-9,14,20H,2-3,10-13H2. The SMILES string of the molecule is O=C(c1cccnc1Oc1ccc(Br)cc1)N1CCCC(C2OCCO2)C1. The number of nitrogens with zero attached hydrogens (tertiary/aromatic N) is 2. The lowest BCUT2D eigenvalue weighted by atomic mass is 9.97. The third kappa shape index (κ3) is 4.31. The van der Waals surface area contributed by atoms with Gasteiger partial charge in [0.1, 0.15) is 11.3 Å². The molecular weight excluding hydrogens is 412 g/mol. The number of benzene rings is 1. The Bertz CT molecular complexity index is 793. The molecule has 0 saturated carbocycles. The zero-order valence-electron chi connectivity index (χ0n) is 14.8. The fourth-order valence-corrected chi connectivity index (χ4v) is 3.75. The average Bonchev–Trinajstić information content (AvgIpc) is 3.25. The third-order valence-electron chi connectivity index (χ3n) is 4.81. The van der Waals surface area contributed by atoms with E-state index in [0.717, 1.165) is 17.3 Å². The van der Waals surface area contributed by atoms with Crippen LogP contribution in [0.2, 0.25) is 0 Å². The number of aromatic nitrogens is 1. The number of piperidine rings is 1. The lowest BCUT2D eigenvalue weighted by Crippen LogP contribution is -2.44. The topological polar surface area (TPSA) is 60.9 Å². The highest BCUT2D eigenvalue weighted by Crippen LogP contribution is 2.29. The second kappa shape index (κ2) is 8.37. The Kier molecular flexibility index (Phi) is 5.71. The molecule has 0 aliphatic carbocycles. The Morgan fingerprint density at radius 3 is 2.74 bits per heavy atom. The number of pyridine rings is 1. The van der Waals surface area contributed by atoms with Gasteiger partial charge in [0.25, 0.3) is 5.91 Å². The van der Waals surface area contributed by atoms with Crippen molar-refractivity contribution >= 4 is 21.8 Å². The summed E-state index contributed by atoms with van der Waals surface area (Å²) < 4.78 is 18.1. The first-order valence-electron chi connectivity index (χ1n) is 9.11. The number of likely N-dealkylation sites (tertiary alicyclic amines) is 1. The minimum absolute atomic E-state index is 0.0714. The van der Waals surface area contributed by atoms with Crippen LogP contribution in [0.1, 0.15) is 23.2 Å². The van der Waals surface area contributed by atoms with Crippen LogP contribution in [0.5, 0.6) is 11.6 Å². The lowest BCUT2D eigenvalue weighted by Gasteiger charge is -2.34. The van der Waals surface area contributed by atoms with Crippen LogP contribution in [0.4, 0.5) is 0 Å². The van der Waals surface area contributed by atoms with Gasteiger partial charge in [0.05, 0.1) is 13.2 Å². The fraction of sp³-hybridized carbons (Fsp3) is 0.400. The highest BCUT2D eigenvalue weighted by atomic mass is 79.9. The van der Waals surface area contributed by atoms with E-state index in [1.807, 2.05) is 29.2 Å². The molecule has 0 N–H and O–H groups in total. The van der Waals surface area contributed by atoms with Gasteiger partial charge < -0.3 is 19.1 Å². The van der Waals surface area contributed by atoms with Crippen molar-refractivity contribution in [1.82, 2.24) is 9.88 Å². The van der Waals surface area contributed by atoms with Gasteiger partial charge in [0, 0.05) is 29.7 Å². The van der Waals surface area contributed by atoms with Gasteiger partial charge in [-0.2, -0.15) is 0 Å². The van der Waals surface area contributed by atoms with E-state index in [1.54, 1.807) is 18.3 Å². The first kappa shape index (κ1) is 18.4. The maximum atomic E-state index is 13.1. The fourth-order valence-electron chi connectivity index (χ4n) is 3.48. The van der Waals surface area contributed by atoms with Crippen molar-refractivity contribution in [3.8, 4) is 11.6 Å². The van der Waals surface area contributed by atoms with E-state index in [1.165, 1.54) is 0 Å². The summed E-state index contributed by atoms with van der Waals surface area (Å²) in [6.07, 6.45) is 3.37. The molecule has 6 nitrogen and oxygen atoms in total. The van der Waals surface area contributed by atoms with Crippen molar-refractivity contribution in [3.05, 3.63) is 52.6 Å². The van der Waals surface area contributed by atoms with Crippen LogP contribution < -0.4 is 4.74 Å². The Morgan fingerprint density at radius 1 is 1.19 bits per heavy atom. The zero-order valence-corrected chi connectivity index (χ0v) is 16.4. The molecule has 2 aromatic rings. The minimum Gasteiger partial charge on any atom is -0.438 e. The van der Waals surface area contributed by atoms with Gasteiger partial charge in [-0.15, -0.1) is 0 Å². The van der Waals surface area contributed by atoms with Crippen molar-refractivity contribution in [2.75, 3.05) is 26.3 Å². The molecule has 2 aliphatic rings. The largest absolute Gasteiger partial charge is 0.438 e. The first-order chi connectivity index (χ1) is 13.2. The summed E-state index contributed by atoms with van der Waals surface area (Å²) >= 11 is 3.40. The van der Waals surface area contributed by atoms with Gasteiger partial charge in [0.15, 0.2) is 6.29 Å². The molecule has 0 spiro atoms.